The second-order valence-electron chi connectivity index (χ2n) is 8.76. The van der Waals surface area contributed by atoms with Crippen molar-refractivity contribution in [3.8, 4) is 0 Å². The number of carboxylic acid groups (broad SMARTS) is 1. The van der Waals surface area contributed by atoms with Gasteiger partial charge in [-0.1, -0.05) is 26.2 Å². The molecule has 10 nitrogen and oxygen atoms in total. The highest BCUT2D eigenvalue weighted by Crippen LogP contribution is 2.23. The Morgan fingerprint density at radius 1 is 0.758 bits per heavy atom. The predicted octanol–water partition coefficient (Wildman–Crippen LogP) is 5.07. The van der Waals surface area contributed by atoms with Gasteiger partial charge in [-0.25, -0.2) is 9.59 Å². The van der Waals surface area contributed by atoms with Gasteiger partial charge in [0, 0.05) is 6.42 Å². The van der Waals surface area contributed by atoms with Gasteiger partial charge in [0.25, 0.3) is 0 Å². The highest BCUT2D eigenvalue weighted by molar-refractivity contribution is 5.72. The number of aliphatic carboxylic acids is 1. The Balaban J connectivity index is 1.87. The molecule has 0 aromatic carbocycles. The molecule has 2 fully saturated rings. The maximum Gasteiger partial charge on any atom is 0.514 e. The van der Waals surface area contributed by atoms with Crippen molar-refractivity contribution < 1.29 is 48.0 Å². The number of esters is 1. The van der Waals surface area contributed by atoms with Crippen molar-refractivity contribution in [2.24, 2.45) is 5.92 Å². The van der Waals surface area contributed by atoms with Crippen LogP contribution in [0.2, 0.25) is 0 Å². The van der Waals surface area contributed by atoms with Crippen molar-refractivity contribution in [3.05, 3.63) is 0 Å². The summed E-state index contributed by atoms with van der Waals surface area (Å²) in [5.41, 5.74) is 0. The number of carbonyl (C=O) groups excluding carboxylic acids is 3. The van der Waals surface area contributed by atoms with Crippen molar-refractivity contribution in [1.82, 2.24) is 0 Å². The summed E-state index contributed by atoms with van der Waals surface area (Å²) in [7, 11) is 0. The number of ether oxygens (including phenoxy) is 5. The van der Waals surface area contributed by atoms with E-state index in [1.165, 1.54) is 0 Å². The molecule has 0 amide bonds. The van der Waals surface area contributed by atoms with E-state index in [1.54, 1.807) is 6.92 Å². The highest BCUT2D eigenvalue weighted by Gasteiger charge is 2.30. The van der Waals surface area contributed by atoms with Gasteiger partial charge in [0.2, 0.25) is 0 Å². The molecule has 0 radical (unpaired) electrons. The molecular weight excluding hydrogens is 436 g/mol. The molecule has 2 aliphatic carbocycles. The zero-order valence-electron chi connectivity index (χ0n) is 19.3. The van der Waals surface area contributed by atoms with Crippen LogP contribution in [-0.4, -0.2) is 48.0 Å². The van der Waals surface area contributed by atoms with Gasteiger partial charge in [0.15, 0.2) is 0 Å². The van der Waals surface area contributed by atoms with Gasteiger partial charge in [0.05, 0.1) is 5.92 Å². The molecule has 0 aromatic heterocycles. The third-order valence-corrected chi connectivity index (χ3v) is 5.91. The van der Waals surface area contributed by atoms with E-state index in [0.29, 0.717) is 19.3 Å². The maximum absolute atomic E-state index is 12.4. The molecule has 0 bridgehead atoms. The first-order chi connectivity index (χ1) is 15.8. The molecule has 0 aromatic rings. The monoisotopic (exact) mass is 472 g/mol. The Morgan fingerprint density at radius 3 is 1.70 bits per heavy atom. The summed E-state index contributed by atoms with van der Waals surface area (Å²) in [5, 5.41) is 8.70. The number of carboxylic acids is 1. The average molecular weight is 473 g/mol. The van der Waals surface area contributed by atoms with E-state index >= 15 is 0 Å². The molecule has 10 heteroatoms. The maximum atomic E-state index is 12.4. The third-order valence-electron chi connectivity index (χ3n) is 5.91. The lowest BCUT2D eigenvalue weighted by Gasteiger charge is -2.25. The molecule has 0 saturated heterocycles. The highest BCUT2D eigenvalue weighted by atomic mass is 16.9. The lowest BCUT2D eigenvalue weighted by molar-refractivity contribution is -0.246. The van der Waals surface area contributed by atoms with Gasteiger partial charge in [-0.05, 0) is 64.2 Å². The second kappa shape index (κ2) is 14.6. The van der Waals surface area contributed by atoms with Crippen LogP contribution in [0.15, 0.2) is 0 Å². The Hall–Kier alpha value is -2.52. The fourth-order valence-electron chi connectivity index (χ4n) is 3.98. The minimum Gasteiger partial charge on any atom is -0.481 e. The number of hydrogen-bond acceptors (Lipinski definition) is 9. The largest absolute Gasteiger partial charge is 0.514 e. The van der Waals surface area contributed by atoms with Crippen LogP contribution in [-0.2, 0) is 33.3 Å². The fraction of sp³-hybridized carbons (Fsp3) is 0.826. The van der Waals surface area contributed by atoms with Crippen LogP contribution in [0.4, 0.5) is 9.59 Å². The molecule has 0 heterocycles. The molecule has 1 N–H and O–H groups in total. The zero-order chi connectivity index (χ0) is 24.1. The normalized spacial score (nSPS) is 18.2. The first-order valence-corrected chi connectivity index (χ1v) is 12.0. The van der Waals surface area contributed by atoms with E-state index in [4.69, 9.17) is 28.8 Å². The molecule has 33 heavy (non-hydrogen) atoms. The van der Waals surface area contributed by atoms with Crippen LogP contribution >= 0.6 is 0 Å². The molecule has 2 aliphatic rings. The van der Waals surface area contributed by atoms with Crippen molar-refractivity contribution in [2.75, 3.05) is 0 Å². The van der Waals surface area contributed by atoms with E-state index in [-0.39, 0.29) is 18.6 Å². The smallest absolute Gasteiger partial charge is 0.481 e. The van der Waals surface area contributed by atoms with E-state index < -0.39 is 36.6 Å². The summed E-state index contributed by atoms with van der Waals surface area (Å²) < 4.78 is 25.6. The van der Waals surface area contributed by atoms with Gasteiger partial charge >= 0.3 is 30.7 Å². The summed E-state index contributed by atoms with van der Waals surface area (Å²) in [6, 6.07) is 0. The minimum absolute atomic E-state index is 0.0105. The average Bonchev–Trinajstić information content (AvgIpc) is 2.77. The van der Waals surface area contributed by atoms with Crippen LogP contribution in [0.3, 0.4) is 0 Å². The summed E-state index contributed by atoms with van der Waals surface area (Å²) in [6.45, 7) is -0.327. The standard InChI is InChI=1S/C23H36O10/c1-16(10-8-9-15-19(24)25)20(26)31-23(32-21(27)29-17-11-4-2-5-12-17)33-22(28)30-18-13-6-3-7-14-18/h16-18,23H,2-15H2,1H3,(H,24,25). The number of rotatable bonds is 11. The molecule has 188 valence electrons. The van der Waals surface area contributed by atoms with E-state index in [1.807, 2.05) is 0 Å². The Kier molecular flexibility index (Phi) is 11.8. The lowest BCUT2D eigenvalue weighted by Crippen LogP contribution is -2.34. The number of carbonyl (C=O) groups is 4. The Bertz CT molecular complexity index is 603. The molecule has 2 rings (SSSR count). The molecule has 2 saturated carbocycles. The lowest BCUT2D eigenvalue weighted by atomic mass is 9.98. The Labute approximate surface area is 194 Å². The quantitative estimate of drug-likeness (QED) is 0.188. The first-order valence-electron chi connectivity index (χ1n) is 12.0. The molecule has 1 atom stereocenters. The van der Waals surface area contributed by atoms with Crippen LogP contribution in [0.5, 0.6) is 0 Å². The van der Waals surface area contributed by atoms with Gasteiger partial charge in [-0.3, -0.25) is 9.59 Å². The zero-order valence-corrected chi connectivity index (χ0v) is 19.3. The van der Waals surface area contributed by atoms with Crippen molar-refractivity contribution in [3.63, 3.8) is 0 Å². The second-order valence-corrected chi connectivity index (χ2v) is 8.76. The van der Waals surface area contributed by atoms with Gasteiger partial charge in [-0.15, -0.1) is 0 Å². The molecule has 1 unspecified atom stereocenters. The molecule has 0 aliphatic heterocycles. The van der Waals surface area contributed by atoms with Crippen molar-refractivity contribution in [2.45, 2.75) is 115 Å². The SMILES string of the molecule is CC(CCCCC(=O)O)C(=O)OC(OC(=O)OC1CCCCC1)OC(=O)OC1CCCCC1. The summed E-state index contributed by atoms with van der Waals surface area (Å²) in [5.74, 6) is -2.26. The molecular formula is C23H36O10. The summed E-state index contributed by atoms with van der Waals surface area (Å²) in [6.07, 6.45) is 7.38. The summed E-state index contributed by atoms with van der Waals surface area (Å²) in [4.78, 5) is 47.4. The number of hydrogen-bond donors (Lipinski definition) is 1. The molecule has 0 spiro atoms. The van der Waals surface area contributed by atoms with E-state index in [2.05, 4.69) is 0 Å². The van der Waals surface area contributed by atoms with Gasteiger partial charge < -0.3 is 28.8 Å². The van der Waals surface area contributed by atoms with Crippen molar-refractivity contribution >= 4 is 24.2 Å². The summed E-state index contributed by atoms with van der Waals surface area (Å²) >= 11 is 0. The Morgan fingerprint density at radius 2 is 1.24 bits per heavy atom. The van der Waals surface area contributed by atoms with Gasteiger partial charge in [0.1, 0.15) is 12.2 Å². The van der Waals surface area contributed by atoms with Crippen LogP contribution < -0.4 is 0 Å². The van der Waals surface area contributed by atoms with E-state index in [9.17, 15) is 19.2 Å². The van der Waals surface area contributed by atoms with Gasteiger partial charge in [-0.2, -0.15) is 0 Å². The van der Waals surface area contributed by atoms with Crippen molar-refractivity contribution in [1.29, 1.82) is 0 Å². The van der Waals surface area contributed by atoms with E-state index in [0.717, 1.165) is 64.2 Å². The van der Waals surface area contributed by atoms with Crippen LogP contribution in [0.1, 0.15) is 96.8 Å². The predicted molar refractivity (Wildman–Crippen MR) is 114 cm³/mol. The minimum atomic E-state index is -1.92. The number of unbranched alkanes of at least 4 members (excludes halogenated alkanes) is 1. The topological polar surface area (TPSA) is 135 Å². The van der Waals surface area contributed by atoms with Crippen LogP contribution in [0.25, 0.3) is 0 Å². The van der Waals surface area contributed by atoms with Crippen LogP contribution in [0, 0.1) is 5.92 Å². The third kappa shape index (κ3) is 11.3. The first kappa shape index (κ1) is 26.7. The fourth-order valence-corrected chi connectivity index (χ4v) is 3.98.